The van der Waals surface area contributed by atoms with Gasteiger partial charge in [0.2, 0.25) is 0 Å². The quantitative estimate of drug-likeness (QED) is 0.407. The van der Waals surface area contributed by atoms with Crippen molar-refractivity contribution in [3.8, 4) is 0 Å². The summed E-state index contributed by atoms with van der Waals surface area (Å²) >= 11 is 0. The molecule has 0 spiro atoms. The number of rotatable bonds is 1. The summed E-state index contributed by atoms with van der Waals surface area (Å²) in [7, 11) is 2.43. The second-order valence-electron chi connectivity index (χ2n) is 4.31. The number of likely N-dealkylation sites (tertiary alicyclic amines) is 1. The van der Waals surface area contributed by atoms with Crippen molar-refractivity contribution in [1.82, 2.24) is 0 Å². The Morgan fingerprint density at radius 2 is 2.09 bits per heavy atom. The van der Waals surface area contributed by atoms with Crippen molar-refractivity contribution in [2.75, 3.05) is 20.1 Å². The Bertz CT molecular complexity index is 148. The molecule has 0 aromatic rings. The number of piperidine rings is 1. The van der Waals surface area contributed by atoms with E-state index < -0.39 is 0 Å². The number of halogens is 1. The van der Waals surface area contributed by atoms with Gasteiger partial charge in [0.05, 0.1) is 26.2 Å². The second-order valence-corrected chi connectivity index (χ2v) is 4.31. The van der Waals surface area contributed by atoms with Gasteiger partial charge in [-0.25, -0.2) is 0 Å². The fraction of sp³-hybridized carbons (Fsp3) is 1.00. The average molecular weight is 267 g/mol. The molecule has 0 aromatic heterocycles. The van der Waals surface area contributed by atoms with Gasteiger partial charge in [-0.15, -0.1) is 0 Å². The van der Waals surface area contributed by atoms with Crippen LogP contribution in [0.3, 0.4) is 0 Å². The highest BCUT2D eigenvalue weighted by atomic mass is 127. The zero-order chi connectivity index (χ0) is 7.19. The van der Waals surface area contributed by atoms with Crippen LogP contribution in [0.2, 0.25) is 0 Å². The summed E-state index contributed by atoms with van der Waals surface area (Å²) in [6.45, 7) is 5.16. The number of fused-ring (bicyclic) bond motifs is 2. The van der Waals surface area contributed by atoms with Crippen LogP contribution in [0, 0.1) is 5.92 Å². The van der Waals surface area contributed by atoms with Gasteiger partial charge in [-0.1, -0.05) is 0 Å². The van der Waals surface area contributed by atoms with Gasteiger partial charge in [-0.2, -0.15) is 0 Å². The summed E-state index contributed by atoms with van der Waals surface area (Å²) in [4.78, 5) is 0. The molecule has 3 unspecified atom stereocenters. The molecule has 1 heterocycles. The summed E-state index contributed by atoms with van der Waals surface area (Å²) in [6.07, 6.45) is 4.57. The zero-order valence-electron chi connectivity index (χ0n) is 7.52. The maximum absolute atomic E-state index is 2.43. The lowest BCUT2D eigenvalue weighted by molar-refractivity contribution is -0.924. The molecule has 1 saturated heterocycles. The summed E-state index contributed by atoms with van der Waals surface area (Å²) in [5.74, 6) is 1.09. The standard InChI is InChI=1S/C9H18N.HI/c1-3-10(2)7-8-4-5-9(10)6-8;/h8-9H,3-7H2,1-2H3;1H/q+1;/p-1. The van der Waals surface area contributed by atoms with Crippen molar-refractivity contribution in [3.05, 3.63) is 0 Å². The number of hydrogen-bond acceptors (Lipinski definition) is 0. The first kappa shape index (κ1) is 9.78. The Balaban J connectivity index is 0.000000605. The van der Waals surface area contributed by atoms with Gasteiger partial charge in [0.25, 0.3) is 0 Å². The van der Waals surface area contributed by atoms with Crippen LogP contribution in [-0.4, -0.2) is 30.7 Å². The molecule has 0 amide bonds. The molecule has 2 bridgehead atoms. The molecule has 2 aliphatic rings. The lowest BCUT2D eigenvalue weighted by atomic mass is 10.1. The monoisotopic (exact) mass is 267 g/mol. The van der Waals surface area contributed by atoms with E-state index in [1.54, 1.807) is 0 Å². The molecule has 3 atom stereocenters. The van der Waals surface area contributed by atoms with Gasteiger partial charge in [0.15, 0.2) is 0 Å². The van der Waals surface area contributed by atoms with Crippen LogP contribution in [0.15, 0.2) is 0 Å². The topological polar surface area (TPSA) is 0 Å². The van der Waals surface area contributed by atoms with Crippen LogP contribution in [0.25, 0.3) is 0 Å². The fourth-order valence-corrected chi connectivity index (χ4v) is 2.91. The molecule has 0 aromatic carbocycles. The van der Waals surface area contributed by atoms with E-state index in [1.165, 1.54) is 36.8 Å². The van der Waals surface area contributed by atoms with Gasteiger partial charge < -0.3 is 28.5 Å². The minimum Gasteiger partial charge on any atom is -1.00 e. The molecular weight excluding hydrogens is 249 g/mol. The summed E-state index contributed by atoms with van der Waals surface area (Å²) in [5.41, 5.74) is 0. The van der Waals surface area contributed by atoms with Gasteiger partial charge in [-0.05, 0) is 19.8 Å². The lowest BCUT2D eigenvalue weighted by Gasteiger charge is -2.37. The predicted octanol–water partition coefficient (Wildman–Crippen LogP) is -1.36. The number of nitrogens with zero attached hydrogens (tertiary/aromatic N) is 1. The van der Waals surface area contributed by atoms with E-state index in [-0.39, 0.29) is 24.0 Å². The van der Waals surface area contributed by atoms with Crippen molar-refractivity contribution >= 4 is 0 Å². The normalized spacial score (nSPS) is 47.5. The molecule has 1 nitrogen and oxygen atoms in total. The minimum atomic E-state index is 0. The van der Waals surface area contributed by atoms with Crippen molar-refractivity contribution in [3.63, 3.8) is 0 Å². The van der Waals surface area contributed by atoms with E-state index in [9.17, 15) is 0 Å². The maximum Gasteiger partial charge on any atom is 0.0893 e. The molecular formula is C9H18IN. The predicted molar refractivity (Wildman–Crippen MR) is 42.7 cm³/mol. The zero-order valence-corrected chi connectivity index (χ0v) is 9.67. The summed E-state index contributed by atoms with van der Waals surface area (Å²) in [6, 6.07) is 1.04. The van der Waals surface area contributed by atoms with Crippen molar-refractivity contribution < 1.29 is 28.5 Å². The van der Waals surface area contributed by atoms with Crippen molar-refractivity contribution in [2.24, 2.45) is 5.92 Å². The Morgan fingerprint density at radius 3 is 2.36 bits per heavy atom. The first-order chi connectivity index (χ1) is 4.74. The summed E-state index contributed by atoms with van der Waals surface area (Å²) in [5, 5.41) is 0. The summed E-state index contributed by atoms with van der Waals surface area (Å²) < 4.78 is 1.38. The Kier molecular flexibility index (Phi) is 2.85. The Labute approximate surface area is 86.8 Å². The third-order valence-corrected chi connectivity index (χ3v) is 3.79. The molecule has 11 heavy (non-hydrogen) atoms. The van der Waals surface area contributed by atoms with E-state index in [4.69, 9.17) is 0 Å². The highest BCUT2D eigenvalue weighted by Crippen LogP contribution is 2.41. The van der Waals surface area contributed by atoms with Crippen LogP contribution >= 0.6 is 0 Å². The van der Waals surface area contributed by atoms with E-state index in [0.717, 1.165) is 12.0 Å². The third-order valence-electron chi connectivity index (χ3n) is 3.79. The van der Waals surface area contributed by atoms with Crippen molar-refractivity contribution in [1.29, 1.82) is 0 Å². The molecule has 66 valence electrons. The molecule has 1 saturated carbocycles. The minimum absolute atomic E-state index is 0. The molecule has 2 heteroatoms. The molecule has 0 radical (unpaired) electrons. The van der Waals surface area contributed by atoms with E-state index in [1.807, 2.05) is 0 Å². The Hall–Kier alpha value is 0.690. The lowest BCUT2D eigenvalue weighted by Crippen LogP contribution is -3.00. The molecule has 1 aliphatic heterocycles. The fourth-order valence-electron chi connectivity index (χ4n) is 2.91. The van der Waals surface area contributed by atoms with E-state index in [2.05, 4.69) is 14.0 Å². The SMILES string of the molecule is CC[N+]1(C)CC2CCC1C2.[I-]. The average Bonchev–Trinajstić information content (AvgIpc) is 2.46. The van der Waals surface area contributed by atoms with Crippen LogP contribution in [0.1, 0.15) is 26.2 Å². The largest absolute Gasteiger partial charge is 1.00 e. The Morgan fingerprint density at radius 1 is 1.36 bits per heavy atom. The first-order valence-electron chi connectivity index (χ1n) is 4.59. The molecule has 1 aliphatic carbocycles. The van der Waals surface area contributed by atoms with E-state index in [0.29, 0.717) is 0 Å². The molecule has 2 fully saturated rings. The highest BCUT2D eigenvalue weighted by Gasteiger charge is 2.47. The van der Waals surface area contributed by atoms with Crippen LogP contribution in [-0.2, 0) is 0 Å². The van der Waals surface area contributed by atoms with Crippen LogP contribution in [0.5, 0.6) is 0 Å². The van der Waals surface area contributed by atoms with Gasteiger partial charge in [0.1, 0.15) is 0 Å². The van der Waals surface area contributed by atoms with Gasteiger partial charge in [0, 0.05) is 12.3 Å². The van der Waals surface area contributed by atoms with Gasteiger partial charge in [-0.3, -0.25) is 0 Å². The van der Waals surface area contributed by atoms with Crippen LogP contribution < -0.4 is 24.0 Å². The maximum atomic E-state index is 2.43. The van der Waals surface area contributed by atoms with Crippen molar-refractivity contribution in [2.45, 2.75) is 32.2 Å². The van der Waals surface area contributed by atoms with Crippen LogP contribution in [0.4, 0.5) is 0 Å². The number of quaternary nitrogens is 1. The molecule has 2 rings (SSSR count). The van der Waals surface area contributed by atoms with Gasteiger partial charge >= 0.3 is 0 Å². The molecule has 0 N–H and O–H groups in total. The first-order valence-corrected chi connectivity index (χ1v) is 4.59. The smallest absolute Gasteiger partial charge is 0.0893 e. The third kappa shape index (κ3) is 1.44. The number of hydrogen-bond donors (Lipinski definition) is 0. The highest BCUT2D eigenvalue weighted by molar-refractivity contribution is 4.82. The second kappa shape index (κ2) is 3.21. The van der Waals surface area contributed by atoms with E-state index >= 15 is 0 Å².